The molecule has 0 radical (unpaired) electrons. The van der Waals surface area contributed by atoms with Crippen molar-refractivity contribution in [1.29, 1.82) is 0 Å². The van der Waals surface area contributed by atoms with Crippen molar-refractivity contribution < 1.29 is 34.0 Å². The van der Waals surface area contributed by atoms with Crippen LogP contribution in [0.25, 0.3) is 0 Å². The summed E-state index contributed by atoms with van der Waals surface area (Å²) in [6, 6.07) is 0. The van der Waals surface area contributed by atoms with E-state index in [9.17, 15) is 9.90 Å². The zero-order valence-electron chi connectivity index (χ0n) is 13.0. The maximum atomic E-state index is 10.6. The second-order valence-electron chi connectivity index (χ2n) is 4.82. The van der Waals surface area contributed by atoms with Gasteiger partial charge in [0.05, 0.1) is 46.2 Å². The monoisotopic (exact) mass is 308 g/mol. The van der Waals surface area contributed by atoms with E-state index < -0.39 is 11.6 Å². The van der Waals surface area contributed by atoms with Gasteiger partial charge in [-0.1, -0.05) is 13.3 Å². The Hall–Kier alpha value is -0.730. The molecule has 126 valence electrons. The van der Waals surface area contributed by atoms with E-state index in [2.05, 4.69) is 6.92 Å². The molecule has 0 fully saturated rings. The summed E-state index contributed by atoms with van der Waals surface area (Å²) in [7, 11) is 0. The van der Waals surface area contributed by atoms with Gasteiger partial charge in [-0.15, -0.1) is 0 Å². The molecule has 7 heteroatoms. The van der Waals surface area contributed by atoms with E-state index in [0.29, 0.717) is 33.0 Å². The Kier molecular flexibility index (Phi) is 12.5. The lowest BCUT2D eigenvalue weighted by Crippen LogP contribution is -2.40. The van der Waals surface area contributed by atoms with Gasteiger partial charge in [0.25, 0.3) is 0 Å². The Balaban J connectivity index is 3.18. The van der Waals surface area contributed by atoms with Crippen molar-refractivity contribution in [2.75, 3.05) is 52.9 Å². The van der Waals surface area contributed by atoms with Crippen molar-refractivity contribution >= 4 is 5.97 Å². The molecule has 0 heterocycles. The number of hydrogen-bond donors (Lipinski definition) is 2. The van der Waals surface area contributed by atoms with Gasteiger partial charge in [0.1, 0.15) is 0 Å². The zero-order valence-corrected chi connectivity index (χ0v) is 13.0. The highest BCUT2D eigenvalue weighted by Gasteiger charge is 2.29. The molecule has 0 aliphatic heterocycles. The molecule has 7 nitrogen and oxygen atoms in total. The second-order valence-corrected chi connectivity index (χ2v) is 4.82. The first-order valence-corrected chi connectivity index (χ1v) is 7.27. The lowest BCUT2D eigenvalue weighted by molar-refractivity contribution is -0.163. The number of hydrogen-bond acceptors (Lipinski definition) is 6. The van der Waals surface area contributed by atoms with E-state index >= 15 is 0 Å². The van der Waals surface area contributed by atoms with Gasteiger partial charge in [-0.05, 0) is 13.3 Å². The first-order chi connectivity index (χ1) is 10.0. The summed E-state index contributed by atoms with van der Waals surface area (Å²) in [5.41, 5.74) is -1.86. The van der Waals surface area contributed by atoms with Crippen molar-refractivity contribution in [2.24, 2.45) is 0 Å². The third kappa shape index (κ3) is 12.7. The van der Waals surface area contributed by atoms with Crippen LogP contribution in [0, 0.1) is 0 Å². The summed E-state index contributed by atoms with van der Waals surface area (Å²) in [6.07, 6.45) is 2.19. The molecular formula is C14H28O7. The van der Waals surface area contributed by atoms with Gasteiger partial charge in [0, 0.05) is 6.61 Å². The van der Waals surface area contributed by atoms with E-state index in [1.165, 1.54) is 6.92 Å². The van der Waals surface area contributed by atoms with Gasteiger partial charge in [-0.2, -0.15) is 0 Å². The minimum Gasteiger partial charge on any atom is -0.479 e. The maximum Gasteiger partial charge on any atom is 0.337 e. The highest BCUT2D eigenvalue weighted by molar-refractivity contribution is 5.76. The Morgan fingerprint density at radius 2 is 1.33 bits per heavy atom. The Bertz CT molecular complexity index is 256. The van der Waals surface area contributed by atoms with Crippen LogP contribution >= 0.6 is 0 Å². The average Bonchev–Trinajstić information content (AvgIpc) is 2.43. The van der Waals surface area contributed by atoms with Gasteiger partial charge in [0.2, 0.25) is 0 Å². The Morgan fingerprint density at radius 3 is 1.76 bits per heavy atom. The van der Waals surface area contributed by atoms with Crippen LogP contribution in [0.3, 0.4) is 0 Å². The van der Waals surface area contributed by atoms with Crippen molar-refractivity contribution in [3.63, 3.8) is 0 Å². The number of rotatable bonds is 15. The van der Waals surface area contributed by atoms with Gasteiger partial charge in [0.15, 0.2) is 5.60 Å². The first kappa shape index (κ1) is 20.3. The van der Waals surface area contributed by atoms with Crippen molar-refractivity contribution in [3.05, 3.63) is 0 Å². The molecule has 0 aromatic carbocycles. The summed E-state index contributed by atoms with van der Waals surface area (Å²) in [6.45, 7) is 6.41. The fraction of sp³-hybridized carbons (Fsp3) is 0.929. The van der Waals surface area contributed by atoms with Crippen LogP contribution in [-0.4, -0.2) is 74.6 Å². The lowest BCUT2D eigenvalue weighted by Gasteiger charge is -2.17. The van der Waals surface area contributed by atoms with Gasteiger partial charge >= 0.3 is 5.97 Å². The van der Waals surface area contributed by atoms with Crippen LogP contribution in [0.1, 0.15) is 26.7 Å². The normalized spacial score (nSPS) is 14.0. The standard InChI is InChI=1S/C14H28O7/c1-3-4-5-18-6-7-19-8-9-20-10-11-21-12-14(2,17)13(15)16/h17H,3-12H2,1-2H3,(H,15,16). The molecular weight excluding hydrogens is 280 g/mol. The van der Waals surface area contributed by atoms with Crippen LogP contribution in [-0.2, 0) is 23.7 Å². The van der Waals surface area contributed by atoms with Crippen LogP contribution < -0.4 is 0 Å². The average molecular weight is 308 g/mol. The first-order valence-electron chi connectivity index (χ1n) is 7.27. The third-order valence-electron chi connectivity index (χ3n) is 2.60. The summed E-state index contributed by atoms with van der Waals surface area (Å²) in [5, 5.41) is 18.0. The fourth-order valence-corrected chi connectivity index (χ4v) is 1.24. The Morgan fingerprint density at radius 1 is 0.905 bits per heavy atom. The molecule has 0 spiro atoms. The minimum atomic E-state index is -1.86. The summed E-state index contributed by atoms with van der Waals surface area (Å²) >= 11 is 0. The Labute approximate surface area is 126 Å². The largest absolute Gasteiger partial charge is 0.479 e. The van der Waals surface area contributed by atoms with E-state index in [1.54, 1.807) is 0 Å². The van der Waals surface area contributed by atoms with E-state index in [-0.39, 0.29) is 13.2 Å². The van der Waals surface area contributed by atoms with Crippen LogP contribution in [0.15, 0.2) is 0 Å². The summed E-state index contributed by atoms with van der Waals surface area (Å²) in [4.78, 5) is 10.6. The lowest BCUT2D eigenvalue weighted by atomic mass is 10.1. The number of unbranched alkanes of at least 4 members (excludes halogenated alkanes) is 1. The summed E-state index contributed by atoms with van der Waals surface area (Å²) < 4.78 is 20.9. The van der Waals surface area contributed by atoms with Crippen LogP contribution in [0.2, 0.25) is 0 Å². The molecule has 0 amide bonds. The van der Waals surface area contributed by atoms with Crippen molar-refractivity contribution in [2.45, 2.75) is 32.3 Å². The highest BCUT2D eigenvalue weighted by Crippen LogP contribution is 2.03. The van der Waals surface area contributed by atoms with Gasteiger partial charge in [-0.25, -0.2) is 4.79 Å². The number of ether oxygens (including phenoxy) is 4. The van der Waals surface area contributed by atoms with E-state index in [4.69, 9.17) is 24.1 Å². The maximum absolute atomic E-state index is 10.6. The molecule has 2 N–H and O–H groups in total. The molecule has 0 bridgehead atoms. The predicted molar refractivity (Wildman–Crippen MR) is 76.4 cm³/mol. The topological polar surface area (TPSA) is 94.5 Å². The molecule has 0 rings (SSSR count). The summed E-state index contributed by atoms with van der Waals surface area (Å²) in [5.74, 6) is -1.31. The van der Waals surface area contributed by atoms with Crippen LogP contribution in [0.5, 0.6) is 0 Å². The molecule has 21 heavy (non-hydrogen) atoms. The number of aliphatic carboxylic acids is 1. The van der Waals surface area contributed by atoms with Gasteiger partial charge in [-0.3, -0.25) is 0 Å². The van der Waals surface area contributed by atoms with E-state index in [1.807, 2.05) is 0 Å². The van der Waals surface area contributed by atoms with E-state index in [0.717, 1.165) is 19.4 Å². The molecule has 0 aliphatic rings. The number of aliphatic hydroxyl groups is 1. The molecule has 1 atom stereocenters. The quantitative estimate of drug-likeness (QED) is 0.430. The van der Waals surface area contributed by atoms with Crippen molar-refractivity contribution in [3.8, 4) is 0 Å². The fourth-order valence-electron chi connectivity index (χ4n) is 1.24. The SMILES string of the molecule is CCCCOCCOCCOCCOCC(C)(O)C(=O)O. The second kappa shape index (κ2) is 13.0. The van der Waals surface area contributed by atoms with Crippen molar-refractivity contribution in [1.82, 2.24) is 0 Å². The van der Waals surface area contributed by atoms with Crippen LogP contribution in [0.4, 0.5) is 0 Å². The smallest absolute Gasteiger partial charge is 0.337 e. The number of carboxylic acids is 1. The number of carboxylic acid groups (broad SMARTS) is 1. The minimum absolute atomic E-state index is 0.226. The molecule has 0 aromatic heterocycles. The zero-order chi connectivity index (χ0) is 16.0. The molecule has 0 aromatic rings. The molecule has 0 saturated carbocycles. The third-order valence-corrected chi connectivity index (χ3v) is 2.60. The molecule has 0 saturated heterocycles. The van der Waals surface area contributed by atoms with Gasteiger partial charge < -0.3 is 29.2 Å². The molecule has 1 unspecified atom stereocenters. The number of carbonyl (C=O) groups is 1. The molecule has 0 aliphatic carbocycles. The predicted octanol–water partition coefficient (Wildman–Crippen LogP) is 0.689. The highest BCUT2D eigenvalue weighted by atomic mass is 16.6.